The summed E-state index contributed by atoms with van der Waals surface area (Å²) in [5.41, 5.74) is 4.53. The fraction of sp³-hybridized carbons (Fsp3) is 0.240. The minimum absolute atomic E-state index is 0.0821. The molecule has 182 valence electrons. The van der Waals surface area contributed by atoms with Crippen LogP contribution in [0.5, 0.6) is 5.88 Å². The van der Waals surface area contributed by atoms with Crippen LogP contribution in [0.15, 0.2) is 47.6 Å². The molecule has 3 aromatic heterocycles. The second-order valence-electron chi connectivity index (χ2n) is 8.68. The molecular formula is C25H21FN6O3S. The molecule has 4 aromatic rings. The molecule has 4 heterocycles. The molecule has 0 saturated heterocycles. The summed E-state index contributed by atoms with van der Waals surface area (Å²) in [6.45, 7) is 0. The fourth-order valence-electron chi connectivity index (χ4n) is 4.58. The van der Waals surface area contributed by atoms with Gasteiger partial charge < -0.3 is 15.4 Å². The third kappa shape index (κ3) is 4.05. The number of carbonyl (C=O) groups is 2. The summed E-state index contributed by atoms with van der Waals surface area (Å²) in [5.74, 6) is -0.555. The number of amides is 2. The van der Waals surface area contributed by atoms with Gasteiger partial charge in [0.05, 0.1) is 41.0 Å². The number of nitrogens with one attached hydrogen (secondary N) is 2. The van der Waals surface area contributed by atoms with E-state index in [2.05, 4.69) is 20.6 Å². The number of carbonyl (C=O) groups excluding carboxylic acids is 2. The highest BCUT2D eigenvalue weighted by atomic mass is 32.2. The van der Waals surface area contributed by atoms with Gasteiger partial charge in [0.25, 0.3) is 5.91 Å². The van der Waals surface area contributed by atoms with Crippen molar-refractivity contribution < 1.29 is 18.7 Å². The van der Waals surface area contributed by atoms with Crippen LogP contribution >= 0.6 is 11.8 Å². The van der Waals surface area contributed by atoms with Gasteiger partial charge in [-0.3, -0.25) is 14.6 Å². The lowest BCUT2D eigenvalue weighted by atomic mass is 9.93. The first-order valence-corrected chi connectivity index (χ1v) is 12.4. The third-order valence-corrected chi connectivity index (χ3v) is 7.40. The maximum absolute atomic E-state index is 14.7. The molecule has 9 nitrogen and oxygen atoms in total. The van der Waals surface area contributed by atoms with E-state index in [1.807, 2.05) is 18.3 Å². The molecule has 2 aliphatic rings. The Bertz CT molecular complexity index is 1540. The third-order valence-electron chi connectivity index (χ3n) is 6.35. The smallest absolute Gasteiger partial charge is 0.254 e. The summed E-state index contributed by atoms with van der Waals surface area (Å²) < 4.78 is 21.7. The predicted octanol–water partition coefficient (Wildman–Crippen LogP) is 3.29. The molecule has 1 aliphatic carbocycles. The lowest BCUT2D eigenvalue weighted by Gasteiger charge is -2.23. The van der Waals surface area contributed by atoms with Crippen LogP contribution in [-0.2, 0) is 17.6 Å². The molecule has 0 saturated carbocycles. The molecule has 0 bridgehead atoms. The molecule has 1 unspecified atom stereocenters. The number of thioether (sulfide) groups is 1. The Kier molecular flexibility index (Phi) is 5.56. The number of pyridine rings is 2. The molecule has 0 radical (unpaired) electrons. The van der Waals surface area contributed by atoms with Crippen molar-refractivity contribution in [1.29, 1.82) is 0 Å². The lowest BCUT2D eigenvalue weighted by molar-refractivity contribution is -0.113. The van der Waals surface area contributed by atoms with Gasteiger partial charge in [-0.1, -0.05) is 0 Å². The molecule has 1 atom stereocenters. The van der Waals surface area contributed by atoms with E-state index in [1.165, 1.54) is 23.9 Å². The second kappa shape index (κ2) is 8.90. The van der Waals surface area contributed by atoms with Gasteiger partial charge in [-0.15, -0.1) is 11.8 Å². The van der Waals surface area contributed by atoms with Crippen molar-refractivity contribution in [2.75, 3.05) is 18.2 Å². The van der Waals surface area contributed by atoms with E-state index in [0.717, 1.165) is 22.5 Å². The zero-order chi connectivity index (χ0) is 24.8. The highest BCUT2D eigenvalue weighted by molar-refractivity contribution is 8.00. The van der Waals surface area contributed by atoms with E-state index in [1.54, 1.807) is 24.1 Å². The van der Waals surface area contributed by atoms with Gasteiger partial charge in [-0.05, 0) is 49.1 Å². The zero-order valence-corrected chi connectivity index (χ0v) is 20.1. The molecule has 2 N–H and O–H groups in total. The minimum Gasteiger partial charge on any atom is -0.481 e. The van der Waals surface area contributed by atoms with E-state index in [-0.39, 0.29) is 23.3 Å². The van der Waals surface area contributed by atoms with Crippen molar-refractivity contribution in [3.8, 4) is 11.6 Å². The average molecular weight is 505 g/mol. The first kappa shape index (κ1) is 22.5. The highest BCUT2D eigenvalue weighted by Crippen LogP contribution is 2.33. The summed E-state index contributed by atoms with van der Waals surface area (Å²) in [5, 5.41) is 10.4. The van der Waals surface area contributed by atoms with E-state index < -0.39 is 11.7 Å². The van der Waals surface area contributed by atoms with Gasteiger partial charge in [0, 0.05) is 29.4 Å². The van der Waals surface area contributed by atoms with Crippen molar-refractivity contribution in [2.45, 2.75) is 30.2 Å². The van der Waals surface area contributed by atoms with Gasteiger partial charge in [-0.2, -0.15) is 5.10 Å². The zero-order valence-electron chi connectivity index (χ0n) is 19.2. The maximum atomic E-state index is 14.7. The molecular weight excluding hydrogens is 483 g/mol. The number of hydrogen-bond acceptors (Lipinski definition) is 7. The van der Waals surface area contributed by atoms with Crippen molar-refractivity contribution in [3.63, 3.8) is 0 Å². The van der Waals surface area contributed by atoms with Crippen LogP contribution in [-0.4, -0.2) is 50.5 Å². The van der Waals surface area contributed by atoms with Crippen LogP contribution < -0.4 is 15.4 Å². The van der Waals surface area contributed by atoms with Crippen LogP contribution in [0.3, 0.4) is 0 Å². The largest absolute Gasteiger partial charge is 0.481 e. The number of nitrogens with zero attached hydrogens (tertiary/aromatic N) is 4. The molecule has 1 aliphatic heterocycles. The number of aromatic nitrogens is 4. The van der Waals surface area contributed by atoms with Gasteiger partial charge in [0.1, 0.15) is 11.3 Å². The summed E-state index contributed by atoms with van der Waals surface area (Å²) in [6, 6.07) is 8.01. The minimum atomic E-state index is -0.605. The molecule has 0 fully saturated rings. The second-order valence-corrected chi connectivity index (χ2v) is 9.69. The first-order chi connectivity index (χ1) is 17.5. The maximum Gasteiger partial charge on any atom is 0.254 e. The number of halogens is 1. The fourth-order valence-corrected chi connectivity index (χ4v) is 5.39. The number of fused-ring (bicyclic) bond motifs is 3. The number of rotatable bonds is 4. The van der Waals surface area contributed by atoms with Crippen LogP contribution in [0.2, 0.25) is 0 Å². The summed E-state index contributed by atoms with van der Waals surface area (Å²) >= 11 is 1.25. The van der Waals surface area contributed by atoms with E-state index in [0.29, 0.717) is 41.2 Å². The Morgan fingerprint density at radius 1 is 1.31 bits per heavy atom. The Labute approximate surface area is 209 Å². The van der Waals surface area contributed by atoms with Gasteiger partial charge in [0.2, 0.25) is 11.8 Å². The predicted molar refractivity (Wildman–Crippen MR) is 132 cm³/mol. The molecule has 0 spiro atoms. The number of aryl methyl sites for hydroxylation is 1. The normalized spacial score (nSPS) is 16.7. The Morgan fingerprint density at radius 2 is 2.19 bits per heavy atom. The summed E-state index contributed by atoms with van der Waals surface area (Å²) in [4.78, 5) is 34.2. The number of ether oxygens (including phenoxy) is 1. The SMILES string of the molecule is COc1ccc2nccc(-n3cc4c(n3)CCC(NC(=O)c3cc5c(cc3F)SCC(=O)N5)C4)c2n1. The van der Waals surface area contributed by atoms with Crippen LogP contribution in [0.4, 0.5) is 10.1 Å². The Morgan fingerprint density at radius 3 is 3.06 bits per heavy atom. The Balaban J connectivity index is 1.23. The molecule has 2 amide bonds. The van der Waals surface area contributed by atoms with Crippen LogP contribution in [0.25, 0.3) is 16.7 Å². The quantitative estimate of drug-likeness (QED) is 0.439. The molecule has 6 rings (SSSR count). The highest BCUT2D eigenvalue weighted by Gasteiger charge is 2.26. The standard InChI is InChI=1S/C25H21FN6O3S/c1-35-23-5-4-18-24(30-23)20(6-7-27-18)32-11-13-8-14(2-3-17(13)31-32)28-25(34)15-9-19-21(10-16(15)26)36-12-22(33)29-19/h4-7,9-11,14H,2-3,8,12H2,1H3,(H,28,34)(H,29,33). The Hall–Kier alpha value is -3.99. The first-order valence-electron chi connectivity index (χ1n) is 11.4. The van der Waals surface area contributed by atoms with Gasteiger partial charge >= 0.3 is 0 Å². The van der Waals surface area contributed by atoms with Crippen molar-refractivity contribution in [1.82, 2.24) is 25.1 Å². The monoisotopic (exact) mass is 504 g/mol. The molecule has 36 heavy (non-hydrogen) atoms. The number of methoxy groups -OCH3 is 1. The van der Waals surface area contributed by atoms with Crippen LogP contribution in [0.1, 0.15) is 28.0 Å². The number of anilines is 1. The number of hydrogen-bond donors (Lipinski definition) is 2. The number of benzene rings is 1. The average Bonchev–Trinajstić information content (AvgIpc) is 3.31. The van der Waals surface area contributed by atoms with E-state index in [9.17, 15) is 14.0 Å². The molecule has 11 heteroatoms. The van der Waals surface area contributed by atoms with Crippen molar-refractivity contribution >= 4 is 40.3 Å². The van der Waals surface area contributed by atoms with Crippen molar-refractivity contribution in [2.24, 2.45) is 0 Å². The van der Waals surface area contributed by atoms with Gasteiger partial charge in [0.15, 0.2) is 0 Å². The van der Waals surface area contributed by atoms with E-state index >= 15 is 0 Å². The lowest BCUT2D eigenvalue weighted by Crippen LogP contribution is -2.39. The van der Waals surface area contributed by atoms with Crippen molar-refractivity contribution in [3.05, 3.63) is 65.4 Å². The topological polar surface area (TPSA) is 111 Å². The van der Waals surface area contributed by atoms with Gasteiger partial charge in [-0.25, -0.2) is 14.1 Å². The van der Waals surface area contributed by atoms with Crippen LogP contribution in [0, 0.1) is 5.82 Å². The summed E-state index contributed by atoms with van der Waals surface area (Å²) in [6.07, 6.45) is 5.57. The van der Waals surface area contributed by atoms with E-state index in [4.69, 9.17) is 9.84 Å². The molecule has 1 aromatic carbocycles. The summed E-state index contributed by atoms with van der Waals surface area (Å²) in [7, 11) is 1.57.